The van der Waals surface area contributed by atoms with Crippen molar-refractivity contribution in [2.24, 2.45) is 0 Å². The van der Waals surface area contributed by atoms with Crippen molar-refractivity contribution < 1.29 is 14.3 Å². The molecule has 26 heavy (non-hydrogen) atoms. The number of ether oxygens (including phenoxy) is 1. The van der Waals surface area contributed by atoms with E-state index in [0.717, 1.165) is 5.75 Å². The van der Waals surface area contributed by atoms with Crippen LogP contribution in [-0.2, 0) is 0 Å². The molecular formula is C21H24N2O3. The van der Waals surface area contributed by atoms with Crippen LogP contribution >= 0.6 is 0 Å². The van der Waals surface area contributed by atoms with E-state index in [-0.39, 0.29) is 11.8 Å². The van der Waals surface area contributed by atoms with Gasteiger partial charge in [-0.25, -0.2) is 0 Å². The second-order valence-corrected chi connectivity index (χ2v) is 6.72. The third-order valence-corrected chi connectivity index (χ3v) is 4.79. The summed E-state index contributed by atoms with van der Waals surface area (Å²) in [6, 6.07) is 15.3. The van der Waals surface area contributed by atoms with Crippen LogP contribution < -0.4 is 4.74 Å². The molecule has 0 spiro atoms. The standard InChI is InChI=1S/C21H24N2O3/c1-15(22(2)3)16-8-6-9-17(14-16)26-13-7-12-23-20(24)18-10-4-5-11-19(18)21(23)25/h4-6,8-11,14-15H,7,12-13H2,1-3H3. The van der Waals surface area contributed by atoms with Crippen LogP contribution in [-0.4, -0.2) is 48.9 Å². The van der Waals surface area contributed by atoms with Crippen LogP contribution in [0.25, 0.3) is 0 Å². The molecule has 5 nitrogen and oxygen atoms in total. The fraction of sp³-hybridized carbons (Fsp3) is 0.333. The van der Waals surface area contributed by atoms with Crippen molar-refractivity contribution in [3.63, 3.8) is 0 Å². The van der Waals surface area contributed by atoms with E-state index in [4.69, 9.17) is 4.74 Å². The van der Waals surface area contributed by atoms with Gasteiger partial charge in [-0.05, 0) is 57.3 Å². The summed E-state index contributed by atoms with van der Waals surface area (Å²) >= 11 is 0. The molecule has 1 atom stereocenters. The molecule has 0 fully saturated rings. The molecule has 3 rings (SSSR count). The molecule has 0 aromatic heterocycles. The predicted molar refractivity (Wildman–Crippen MR) is 100 cm³/mol. The second-order valence-electron chi connectivity index (χ2n) is 6.72. The molecule has 5 heteroatoms. The zero-order valence-corrected chi connectivity index (χ0v) is 15.4. The van der Waals surface area contributed by atoms with E-state index in [9.17, 15) is 9.59 Å². The number of hydrogen-bond acceptors (Lipinski definition) is 4. The third kappa shape index (κ3) is 3.63. The van der Waals surface area contributed by atoms with E-state index in [1.807, 2.05) is 32.3 Å². The summed E-state index contributed by atoms with van der Waals surface area (Å²) in [4.78, 5) is 28.1. The molecule has 0 saturated carbocycles. The lowest BCUT2D eigenvalue weighted by Crippen LogP contribution is -2.31. The summed E-state index contributed by atoms with van der Waals surface area (Å²) in [7, 11) is 4.08. The van der Waals surface area contributed by atoms with Gasteiger partial charge >= 0.3 is 0 Å². The number of nitrogens with zero attached hydrogens (tertiary/aromatic N) is 2. The topological polar surface area (TPSA) is 49.9 Å². The van der Waals surface area contributed by atoms with Crippen molar-refractivity contribution in [1.29, 1.82) is 0 Å². The van der Waals surface area contributed by atoms with Crippen molar-refractivity contribution in [1.82, 2.24) is 9.80 Å². The Morgan fingerprint density at radius 3 is 2.27 bits per heavy atom. The first-order valence-corrected chi connectivity index (χ1v) is 8.83. The zero-order chi connectivity index (χ0) is 18.7. The maximum absolute atomic E-state index is 12.3. The van der Waals surface area contributed by atoms with Gasteiger partial charge in [-0.1, -0.05) is 24.3 Å². The Hall–Kier alpha value is -2.66. The van der Waals surface area contributed by atoms with Gasteiger partial charge in [-0.2, -0.15) is 0 Å². The summed E-state index contributed by atoms with van der Waals surface area (Å²) in [6.45, 7) is 2.95. The van der Waals surface area contributed by atoms with E-state index < -0.39 is 0 Å². The fourth-order valence-corrected chi connectivity index (χ4v) is 3.02. The number of fused-ring (bicyclic) bond motifs is 1. The molecule has 2 aromatic rings. The van der Waals surface area contributed by atoms with Gasteiger partial charge in [0.2, 0.25) is 0 Å². The molecule has 0 radical (unpaired) electrons. The van der Waals surface area contributed by atoms with Gasteiger partial charge in [0.1, 0.15) is 5.75 Å². The van der Waals surface area contributed by atoms with Crippen molar-refractivity contribution in [3.05, 3.63) is 65.2 Å². The lowest BCUT2D eigenvalue weighted by Gasteiger charge is -2.20. The molecule has 136 valence electrons. The van der Waals surface area contributed by atoms with Gasteiger partial charge in [-0.3, -0.25) is 14.5 Å². The molecule has 2 amide bonds. The minimum atomic E-state index is -0.215. The number of amides is 2. The summed E-state index contributed by atoms with van der Waals surface area (Å²) in [5, 5.41) is 0. The minimum Gasteiger partial charge on any atom is -0.494 e. The van der Waals surface area contributed by atoms with Gasteiger partial charge in [-0.15, -0.1) is 0 Å². The number of hydrogen-bond donors (Lipinski definition) is 0. The average Bonchev–Trinajstić information content (AvgIpc) is 2.89. The first kappa shape index (κ1) is 18.1. The highest BCUT2D eigenvalue weighted by atomic mass is 16.5. The van der Waals surface area contributed by atoms with Gasteiger partial charge < -0.3 is 9.64 Å². The van der Waals surface area contributed by atoms with E-state index in [1.165, 1.54) is 10.5 Å². The van der Waals surface area contributed by atoms with Crippen LogP contribution in [0.15, 0.2) is 48.5 Å². The van der Waals surface area contributed by atoms with E-state index in [0.29, 0.717) is 36.7 Å². The van der Waals surface area contributed by atoms with Crippen molar-refractivity contribution in [2.75, 3.05) is 27.2 Å². The Morgan fingerprint density at radius 1 is 1.00 bits per heavy atom. The predicted octanol–water partition coefficient (Wildman–Crippen LogP) is 3.37. The zero-order valence-electron chi connectivity index (χ0n) is 15.4. The lowest BCUT2D eigenvalue weighted by atomic mass is 10.1. The first-order chi connectivity index (χ1) is 12.5. The molecule has 1 unspecified atom stereocenters. The molecule has 1 aliphatic heterocycles. The normalized spacial score (nSPS) is 14.7. The highest BCUT2D eigenvalue weighted by Crippen LogP contribution is 2.24. The van der Waals surface area contributed by atoms with Crippen molar-refractivity contribution >= 4 is 11.8 Å². The molecular weight excluding hydrogens is 328 g/mol. The Kier molecular flexibility index (Phi) is 5.38. The Labute approximate surface area is 154 Å². The molecule has 0 N–H and O–H groups in total. The fourth-order valence-electron chi connectivity index (χ4n) is 3.02. The van der Waals surface area contributed by atoms with Crippen LogP contribution in [0.2, 0.25) is 0 Å². The maximum atomic E-state index is 12.3. The minimum absolute atomic E-state index is 0.215. The Balaban J connectivity index is 1.53. The third-order valence-electron chi connectivity index (χ3n) is 4.79. The van der Waals surface area contributed by atoms with E-state index in [2.05, 4.69) is 17.9 Å². The van der Waals surface area contributed by atoms with Crippen molar-refractivity contribution in [2.45, 2.75) is 19.4 Å². The number of carbonyl (C=O) groups excluding carboxylic acids is 2. The molecule has 0 aliphatic carbocycles. The highest BCUT2D eigenvalue weighted by molar-refractivity contribution is 6.21. The lowest BCUT2D eigenvalue weighted by molar-refractivity contribution is 0.0647. The maximum Gasteiger partial charge on any atom is 0.261 e. The summed E-state index contributed by atoms with van der Waals surface area (Å²) in [6.07, 6.45) is 0.596. The van der Waals surface area contributed by atoms with Gasteiger partial charge in [0.15, 0.2) is 0 Å². The summed E-state index contributed by atoms with van der Waals surface area (Å²) in [5.41, 5.74) is 2.17. The summed E-state index contributed by atoms with van der Waals surface area (Å²) < 4.78 is 5.82. The quantitative estimate of drug-likeness (QED) is 0.566. The van der Waals surface area contributed by atoms with Crippen LogP contribution in [0.3, 0.4) is 0 Å². The van der Waals surface area contributed by atoms with Crippen LogP contribution in [0, 0.1) is 0 Å². The van der Waals surface area contributed by atoms with Crippen LogP contribution in [0.5, 0.6) is 5.75 Å². The average molecular weight is 352 g/mol. The smallest absolute Gasteiger partial charge is 0.261 e. The number of benzene rings is 2. The number of carbonyl (C=O) groups is 2. The number of rotatable bonds is 7. The van der Waals surface area contributed by atoms with E-state index >= 15 is 0 Å². The van der Waals surface area contributed by atoms with Gasteiger partial charge in [0.25, 0.3) is 11.8 Å². The highest BCUT2D eigenvalue weighted by Gasteiger charge is 2.34. The molecule has 0 bridgehead atoms. The van der Waals surface area contributed by atoms with Crippen LogP contribution in [0.1, 0.15) is 45.7 Å². The van der Waals surface area contributed by atoms with Crippen LogP contribution in [0.4, 0.5) is 0 Å². The SMILES string of the molecule is CC(c1cccc(OCCCN2C(=O)c3ccccc3C2=O)c1)N(C)C. The molecule has 1 heterocycles. The first-order valence-electron chi connectivity index (χ1n) is 8.83. The Bertz CT molecular complexity index is 781. The number of imide groups is 1. The van der Waals surface area contributed by atoms with Crippen molar-refractivity contribution in [3.8, 4) is 5.75 Å². The monoisotopic (exact) mass is 352 g/mol. The van der Waals surface area contributed by atoms with E-state index in [1.54, 1.807) is 24.3 Å². The Morgan fingerprint density at radius 2 is 1.65 bits per heavy atom. The summed E-state index contributed by atoms with van der Waals surface area (Å²) in [5.74, 6) is 0.373. The molecule has 0 saturated heterocycles. The van der Waals surface area contributed by atoms with Gasteiger partial charge in [0.05, 0.1) is 17.7 Å². The van der Waals surface area contributed by atoms with Gasteiger partial charge in [0, 0.05) is 12.6 Å². The largest absolute Gasteiger partial charge is 0.494 e. The second kappa shape index (κ2) is 7.70. The molecule has 2 aromatic carbocycles. The molecule has 1 aliphatic rings.